The Morgan fingerprint density at radius 1 is 1.30 bits per heavy atom. The summed E-state index contributed by atoms with van der Waals surface area (Å²) in [5, 5.41) is 11.2. The van der Waals surface area contributed by atoms with Gasteiger partial charge in [0.05, 0.1) is 24.4 Å². The van der Waals surface area contributed by atoms with Gasteiger partial charge in [-0.25, -0.2) is 9.78 Å². The minimum atomic E-state index is -0.419. The largest absolute Gasteiger partial charge is 0.465 e. The first-order chi connectivity index (χ1) is 15.9. The molecule has 0 radical (unpaired) electrons. The number of rotatable bonds is 12. The molecule has 2 unspecified atom stereocenters. The highest BCUT2D eigenvalue weighted by atomic mass is 35.5. The number of thiazole rings is 1. The van der Waals surface area contributed by atoms with E-state index in [1.807, 2.05) is 12.1 Å². The number of esters is 1. The van der Waals surface area contributed by atoms with E-state index in [-0.39, 0.29) is 29.0 Å². The van der Waals surface area contributed by atoms with E-state index in [9.17, 15) is 14.7 Å². The van der Waals surface area contributed by atoms with Gasteiger partial charge in [-0.1, -0.05) is 44.0 Å². The van der Waals surface area contributed by atoms with Gasteiger partial charge < -0.3 is 9.84 Å². The lowest BCUT2D eigenvalue weighted by Crippen LogP contribution is -2.19. The van der Waals surface area contributed by atoms with Gasteiger partial charge in [0.2, 0.25) is 0 Å². The van der Waals surface area contributed by atoms with E-state index in [2.05, 4.69) is 24.0 Å². The number of methoxy groups -OCH3 is 1. The molecule has 1 fully saturated rings. The van der Waals surface area contributed by atoms with Crippen molar-refractivity contribution in [3.8, 4) is 0 Å². The van der Waals surface area contributed by atoms with Crippen molar-refractivity contribution in [3.05, 3.63) is 51.5 Å². The molecule has 1 aliphatic rings. The lowest BCUT2D eigenvalue weighted by atomic mass is 9.86. The highest BCUT2D eigenvalue weighted by molar-refractivity contribution is 7.13. The predicted molar refractivity (Wildman–Crippen MR) is 132 cm³/mol. The molecule has 1 saturated carbocycles. The number of carbonyl (C=O) groups is 2. The Bertz CT molecular complexity index is 931. The minimum absolute atomic E-state index is 0.0223. The first-order valence-electron chi connectivity index (χ1n) is 11.9. The van der Waals surface area contributed by atoms with Crippen LogP contribution in [0.4, 0.5) is 0 Å². The van der Waals surface area contributed by atoms with Crippen molar-refractivity contribution in [1.82, 2.24) is 4.98 Å². The summed E-state index contributed by atoms with van der Waals surface area (Å²) in [6.07, 6.45) is 8.51. The zero-order chi connectivity index (χ0) is 23.8. The van der Waals surface area contributed by atoms with E-state index in [1.165, 1.54) is 24.0 Å². The van der Waals surface area contributed by atoms with Gasteiger partial charge in [0.1, 0.15) is 10.7 Å². The van der Waals surface area contributed by atoms with Crippen LogP contribution in [0.3, 0.4) is 0 Å². The number of aliphatic hydroxyl groups excluding tert-OH is 1. The van der Waals surface area contributed by atoms with Crippen molar-refractivity contribution in [1.29, 1.82) is 0 Å². The van der Waals surface area contributed by atoms with Crippen molar-refractivity contribution >= 4 is 34.7 Å². The topological polar surface area (TPSA) is 76.5 Å². The van der Waals surface area contributed by atoms with Crippen molar-refractivity contribution < 1.29 is 19.4 Å². The summed E-state index contributed by atoms with van der Waals surface area (Å²) in [6, 6.07) is 8.18. The number of ketones is 1. The number of aryl methyl sites for hydroxylation is 2. The smallest absolute Gasteiger partial charge is 0.349 e. The second-order valence-corrected chi connectivity index (χ2v) is 10.6. The second-order valence-electron chi connectivity index (χ2n) is 8.90. The molecule has 7 heteroatoms. The molecule has 0 bridgehead atoms. The number of hydrogen-bond donors (Lipinski definition) is 1. The van der Waals surface area contributed by atoms with Crippen LogP contribution in [0.5, 0.6) is 0 Å². The third-order valence-corrected chi connectivity index (χ3v) is 8.09. The number of alkyl halides is 1. The molecular formula is C26H34ClNO4S. The van der Waals surface area contributed by atoms with Crippen LogP contribution in [0.1, 0.15) is 83.8 Å². The molecular weight excluding hydrogens is 458 g/mol. The van der Waals surface area contributed by atoms with Crippen molar-refractivity contribution in [2.75, 3.05) is 7.11 Å². The molecule has 1 aliphatic carbocycles. The van der Waals surface area contributed by atoms with Crippen molar-refractivity contribution in [3.63, 3.8) is 0 Å². The summed E-state index contributed by atoms with van der Waals surface area (Å²) < 4.78 is 4.73. The quantitative estimate of drug-likeness (QED) is 0.294. The van der Waals surface area contributed by atoms with Crippen LogP contribution < -0.4 is 0 Å². The molecule has 4 atom stereocenters. The third kappa shape index (κ3) is 7.11. The molecule has 1 N–H and O–H groups in total. The number of aromatic nitrogens is 1. The average molecular weight is 492 g/mol. The van der Waals surface area contributed by atoms with Crippen molar-refractivity contribution in [2.45, 2.75) is 76.2 Å². The number of hydrogen-bond acceptors (Lipinski definition) is 6. The maximum Gasteiger partial charge on any atom is 0.349 e. The lowest BCUT2D eigenvalue weighted by molar-refractivity contribution is -0.121. The normalized spacial score (nSPS) is 21.3. The standard InChI is InChI=1S/C26H34ClNO4S/c1-3-4-10-22(29)18-8-5-7-17(14-18)12-13-19-20(23(30)15-21(19)27)9-6-11-25-28-16-24(33-25)26(31)32-2/h5,7-8,14,16,19-22,29H,3-4,6,9-13,15H2,1-2H3/t19-,20-,21?,22?/m1/s1. The van der Waals surface area contributed by atoms with E-state index in [0.717, 1.165) is 61.9 Å². The number of nitrogens with zero attached hydrogens (tertiary/aromatic N) is 1. The van der Waals surface area contributed by atoms with Crippen LogP contribution in [-0.4, -0.2) is 34.3 Å². The molecule has 5 nitrogen and oxygen atoms in total. The van der Waals surface area contributed by atoms with Crippen LogP contribution in [-0.2, 0) is 22.4 Å². The summed E-state index contributed by atoms with van der Waals surface area (Å²) >= 11 is 7.95. The van der Waals surface area contributed by atoms with Crippen LogP contribution in [0.25, 0.3) is 0 Å². The Morgan fingerprint density at radius 2 is 2.12 bits per heavy atom. The highest BCUT2D eigenvalue weighted by Crippen LogP contribution is 2.39. The molecule has 3 rings (SSSR count). The lowest BCUT2D eigenvalue weighted by Gasteiger charge is -2.21. The van der Waals surface area contributed by atoms with Crippen molar-refractivity contribution in [2.24, 2.45) is 11.8 Å². The number of Topliss-reactive ketones (excluding diaryl/α,β-unsaturated/α-hetero) is 1. The van der Waals surface area contributed by atoms with E-state index >= 15 is 0 Å². The molecule has 180 valence electrons. The van der Waals surface area contributed by atoms with E-state index in [4.69, 9.17) is 16.3 Å². The van der Waals surface area contributed by atoms with Gasteiger partial charge in [0.25, 0.3) is 0 Å². The fourth-order valence-electron chi connectivity index (χ4n) is 4.69. The van der Waals surface area contributed by atoms with Gasteiger partial charge in [0, 0.05) is 17.7 Å². The summed E-state index contributed by atoms with van der Waals surface area (Å²) in [7, 11) is 1.36. The van der Waals surface area contributed by atoms with Crippen LogP contribution >= 0.6 is 22.9 Å². The van der Waals surface area contributed by atoms with Gasteiger partial charge in [-0.05, 0) is 55.6 Å². The number of carbonyl (C=O) groups excluding carboxylic acids is 2. The Labute approximate surface area is 205 Å². The fourth-order valence-corrected chi connectivity index (χ4v) is 6.02. The first kappa shape index (κ1) is 25.9. The number of unbranched alkanes of at least 4 members (excludes halogenated alkanes) is 1. The Hall–Kier alpha value is -1.76. The monoisotopic (exact) mass is 491 g/mol. The Morgan fingerprint density at radius 3 is 2.88 bits per heavy atom. The van der Waals surface area contributed by atoms with E-state index < -0.39 is 6.10 Å². The van der Waals surface area contributed by atoms with E-state index in [0.29, 0.717) is 11.3 Å². The SMILES string of the molecule is CCCCC(O)c1cccc(CC[C@H]2C(Cl)CC(=O)[C@@H]2CCCc2ncc(C(=O)OC)s2)c1. The molecule has 0 spiro atoms. The summed E-state index contributed by atoms with van der Waals surface area (Å²) in [6.45, 7) is 2.13. The first-order valence-corrected chi connectivity index (χ1v) is 13.1. The van der Waals surface area contributed by atoms with Gasteiger partial charge in [-0.15, -0.1) is 22.9 Å². The molecule has 1 heterocycles. The number of ether oxygens (including phenoxy) is 1. The number of benzene rings is 1. The highest BCUT2D eigenvalue weighted by Gasteiger charge is 2.40. The summed E-state index contributed by atoms with van der Waals surface area (Å²) in [5.41, 5.74) is 2.15. The maximum absolute atomic E-state index is 12.6. The molecule has 0 amide bonds. The zero-order valence-corrected chi connectivity index (χ0v) is 21.0. The number of aliphatic hydroxyl groups is 1. The van der Waals surface area contributed by atoms with Gasteiger partial charge in [-0.3, -0.25) is 4.79 Å². The van der Waals surface area contributed by atoms with Gasteiger partial charge in [0.15, 0.2) is 0 Å². The molecule has 1 aromatic carbocycles. The summed E-state index contributed by atoms with van der Waals surface area (Å²) in [4.78, 5) is 29.0. The molecule has 0 saturated heterocycles. The fraction of sp³-hybridized carbons (Fsp3) is 0.577. The van der Waals surface area contributed by atoms with Crippen LogP contribution in [0.15, 0.2) is 30.5 Å². The molecule has 0 aliphatic heterocycles. The third-order valence-electron chi connectivity index (χ3n) is 6.57. The second kappa shape index (κ2) is 12.6. The predicted octanol–water partition coefficient (Wildman–Crippen LogP) is 5.92. The van der Waals surface area contributed by atoms with Crippen LogP contribution in [0, 0.1) is 11.8 Å². The maximum atomic E-state index is 12.6. The average Bonchev–Trinajstić information content (AvgIpc) is 3.39. The van der Waals surface area contributed by atoms with Crippen LogP contribution in [0.2, 0.25) is 0 Å². The molecule has 33 heavy (non-hydrogen) atoms. The molecule has 2 aromatic rings. The number of halogens is 1. The van der Waals surface area contributed by atoms with E-state index in [1.54, 1.807) is 6.20 Å². The Balaban J connectivity index is 1.54. The minimum Gasteiger partial charge on any atom is -0.465 e. The molecule has 1 aromatic heterocycles. The van der Waals surface area contributed by atoms with Gasteiger partial charge >= 0.3 is 5.97 Å². The Kier molecular flexibility index (Phi) is 9.90. The summed E-state index contributed by atoms with van der Waals surface area (Å²) in [5.74, 6) is 0.0375. The zero-order valence-electron chi connectivity index (χ0n) is 19.5. The van der Waals surface area contributed by atoms with Gasteiger partial charge in [-0.2, -0.15) is 0 Å².